The number of guanidine groups is 1. The van der Waals surface area contributed by atoms with E-state index in [4.69, 9.17) is 19.2 Å². The van der Waals surface area contributed by atoms with Gasteiger partial charge in [0.25, 0.3) is 0 Å². The fourth-order valence-electron chi connectivity index (χ4n) is 3.99. The van der Waals surface area contributed by atoms with Crippen molar-refractivity contribution in [1.82, 2.24) is 15.1 Å². The number of rotatable bonds is 10. The Hall–Kier alpha value is -1.42. The molecule has 8 heteroatoms. The molecule has 0 saturated carbocycles. The molecule has 1 aliphatic heterocycles. The van der Waals surface area contributed by atoms with E-state index in [1.54, 1.807) is 21.3 Å². The highest BCUT2D eigenvalue weighted by Crippen LogP contribution is 2.34. The number of benzene rings is 1. The van der Waals surface area contributed by atoms with Crippen molar-refractivity contribution in [3.05, 3.63) is 17.7 Å². The summed E-state index contributed by atoms with van der Waals surface area (Å²) < 4.78 is 16.4. The van der Waals surface area contributed by atoms with Crippen LogP contribution in [0.4, 0.5) is 0 Å². The van der Waals surface area contributed by atoms with E-state index >= 15 is 0 Å². The van der Waals surface area contributed by atoms with Crippen molar-refractivity contribution in [1.29, 1.82) is 0 Å². The molecule has 1 unspecified atom stereocenters. The van der Waals surface area contributed by atoms with Crippen molar-refractivity contribution in [3.63, 3.8) is 0 Å². The second-order valence-corrected chi connectivity index (χ2v) is 7.30. The Morgan fingerprint density at radius 1 is 1.17 bits per heavy atom. The van der Waals surface area contributed by atoms with Crippen LogP contribution in [0.3, 0.4) is 0 Å². The topological polar surface area (TPSA) is 58.6 Å². The third-order valence-electron chi connectivity index (χ3n) is 5.53. The van der Waals surface area contributed by atoms with Gasteiger partial charge < -0.3 is 24.4 Å². The van der Waals surface area contributed by atoms with E-state index in [0.717, 1.165) is 54.8 Å². The number of hydrogen-bond donors (Lipinski definition) is 1. The van der Waals surface area contributed by atoms with Gasteiger partial charge in [0.05, 0.1) is 21.3 Å². The maximum Gasteiger partial charge on any atom is 0.193 e. The van der Waals surface area contributed by atoms with E-state index in [-0.39, 0.29) is 24.0 Å². The Balaban J connectivity index is 0.00000450. The lowest BCUT2D eigenvalue weighted by Crippen LogP contribution is -2.46. The molecule has 1 N–H and O–H groups in total. The van der Waals surface area contributed by atoms with Crippen molar-refractivity contribution >= 4 is 29.9 Å². The molecular weight excluding hydrogens is 495 g/mol. The largest absolute Gasteiger partial charge is 0.496 e. The van der Waals surface area contributed by atoms with Crippen LogP contribution in [-0.4, -0.2) is 82.9 Å². The molecule has 1 fully saturated rings. The van der Waals surface area contributed by atoms with Gasteiger partial charge in [0.2, 0.25) is 0 Å². The van der Waals surface area contributed by atoms with E-state index in [0.29, 0.717) is 12.6 Å². The molecule has 0 aromatic heterocycles. The quantitative estimate of drug-likeness (QED) is 0.283. The van der Waals surface area contributed by atoms with Crippen LogP contribution in [0.2, 0.25) is 0 Å². The Kier molecular flexibility index (Phi) is 12.2. The summed E-state index contributed by atoms with van der Waals surface area (Å²) in [4.78, 5) is 9.68. The molecule has 1 atom stereocenters. The average molecular weight is 534 g/mol. The van der Waals surface area contributed by atoms with Crippen LogP contribution in [0.1, 0.15) is 32.3 Å². The molecule has 0 spiro atoms. The van der Waals surface area contributed by atoms with Crippen LogP contribution in [-0.2, 0) is 6.42 Å². The molecule has 0 bridgehead atoms. The zero-order valence-electron chi connectivity index (χ0n) is 19.4. The zero-order valence-corrected chi connectivity index (χ0v) is 21.7. The van der Waals surface area contributed by atoms with Gasteiger partial charge >= 0.3 is 0 Å². The molecule has 0 aliphatic carbocycles. The summed E-state index contributed by atoms with van der Waals surface area (Å²) >= 11 is 0. The molecule has 172 valence electrons. The minimum atomic E-state index is 0. The van der Waals surface area contributed by atoms with Gasteiger partial charge in [0.15, 0.2) is 5.96 Å². The second-order valence-electron chi connectivity index (χ2n) is 7.30. The maximum atomic E-state index is 5.56. The fraction of sp³-hybridized carbons (Fsp3) is 0.682. The van der Waals surface area contributed by atoms with Crippen molar-refractivity contribution in [2.24, 2.45) is 4.99 Å². The standard InChI is InChI=1S/C22H38N4O3.HI/c1-7-23-22(25(3)16-17-10-9-13-26(17)8-2)24-12-11-19-20(28-5)14-18(27-4)15-21(19)29-6;/h14-15,17H,7-13,16H2,1-6H3,(H,23,24);1H. The minimum Gasteiger partial charge on any atom is -0.496 e. The monoisotopic (exact) mass is 534 g/mol. The number of nitrogens with one attached hydrogen (secondary N) is 1. The molecule has 1 saturated heterocycles. The predicted octanol–water partition coefficient (Wildman–Crippen LogP) is 3.25. The third kappa shape index (κ3) is 7.08. The van der Waals surface area contributed by atoms with E-state index in [1.165, 1.54) is 19.4 Å². The highest BCUT2D eigenvalue weighted by molar-refractivity contribution is 14.0. The number of ether oxygens (including phenoxy) is 3. The summed E-state index contributed by atoms with van der Waals surface area (Å²) in [7, 11) is 7.10. The van der Waals surface area contributed by atoms with Crippen LogP contribution in [0.25, 0.3) is 0 Å². The number of halogens is 1. The number of likely N-dealkylation sites (N-methyl/N-ethyl adjacent to an activating group) is 2. The minimum absolute atomic E-state index is 0. The van der Waals surface area contributed by atoms with Gasteiger partial charge in [-0.1, -0.05) is 6.92 Å². The smallest absolute Gasteiger partial charge is 0.193 e. The van der Waals surface area contributed by atoms with E-state index in [9.17, 15) is 0 Å². The van der Waals surface area contributed by atoms with E-state index in [2.05, 4.69) is 36.0 Å². The van der Waals surface area contributed by atoms with Crippen LogP contribution < -0.4 is 19.5 Å². The Labute approximate surface area is 199 Å². The Morgan fingerprint density at radius 3 is 2.37 bits per heavy atom. The summed E-state index contributed by atoms with van der Waals surface area (Å²) in [6.07, 6.45) is 3.28. The zero-order chi connectivity index (χ0) is 21.2. The first-order valence-corrected chi connectivity index (χ1v) is 10.6. The fourth-order valence-corrected chi connectivity index (χ4v) is 3.99. The average Bonchev–Trinajstić information content (AvgIpc) is 3.19. The molecule has 1 aliphatic rings. The SMILES string of the molecule is CCNC(=NCCc1c(OC)cc(OC)cc1OC)N(C)CC1CCCN1CC.I. The molecule has 1 aromatic carbocycles. The lowest BCUT2D eigenvalue weighted by Gasteiger charge is -2.29. The van der Waals surface area contributed by atoms with Gasteiger partial charge in [-0.25, -0.2) is 0 Å². The molecule has 7 nitrogen and oxygen atoms in total. The molecule has 30 heavy (non-hydrogen) atoms. The lowest BCUT2D eigenvalue weighted by molar-refractivity contribution is 0.232. The van der Waals surface area contributed by atoms with E-state index in [1.807, 2.05) is 12.1 Å². The number of likely N-dealkylation sites (tertiary alicyclic amines) is 1. The molecule has 1 heterocycles. The number of nitrogens with zero attached hydrogens (tertiary/aromatic N) is 3. The van der Waals surface area contributed by atoms with Gasteiger partial charge in [-0.15, -0.1) is 24.0 Å². The summed E-state index contributed by atoms with van der Waals surface area (Å²) in [6.45, 7) is 9.16. The predicted molar refractivity (Wildman–Crippen MR) is 134 cm³/mol. The van der Waals surface area contributed by atoms with Crippen LogP contribution in [0, 0.1) is 0 Å². The van der Waals surface area contributed by atoms with Crippen molar-refractivity contribution < 1.29 is 14.2 Å². The summed E-state index contributed by atoms with van der Waals surface area (Å²) in [5.74, 6) is 3.19. The maximum absolute atomic E-state index is 5.56. The Morgan fingerprint density at radius 2 is 1.83 bits per heavy atom. The van der Waals surface area contributed by atoms with Gasteiger partial charge in [-0.05, 0) is 39.3 Å². The van der Waals surface area contributed by atoms with Gasteiger partial charge in [0, 0.05) is 50.4 Å². The first-order valence-electron chi connectivity index (χ1n) is 10.6. The summed E-state index contributed by atoms with van der Waals surface area (Å²) in [6, 6.07) is 4.38. The number of methoxy groups -OCH3 is 3. The second kappa shape index (κ2) is 13.8. The molecule has 0 radical (unpaired) electrons. The number of hydrogen-bond acceptors (Lipinski definition) is 5. The molecular formula is C22H39IN4O3. The summed E-state index contributed by atoms with van der Waals surface area (Å²) in [5.41, 5.74) is 1.01. The third-order valence-corrected chi connectivity index (χ3v) is 5.53. The molecule has 0 amide bonds. The lowest BCUT2D eigenvalue weighted by atomic mass is 10.1. The van der Waals surface area contributed by atoms with Crippen molar-refractivity contribution in [2.45, 2.75) is 39.2 Å². The van der Waals surface area contributed by atoms with Crippen LogP contribution in [0.5, 0.6) is 17.2 Å². The van der Waals surface area contributed by atoms with Crippen LogP contribution in [0.15, 0.2) is 17.1 Å². The van der Waals surface area contributed by atoms with Gasteiger partial charge in [-0.3, -0.25) is 9.89 Å². The van der Waals surface area contributed by atoms with Crippen molar-refractivity contribution in [3.8, 4) is 17.2 Å². The molecule has 1 aromatic rings. The molecule has 2 rings (SSSR count). The Bertz CT molecular complexity index is 647. The van der Waals surface area contributed by atoms with Gasteiger partial charge in [0.1, 0.15) is 17.2 Å². The van der Waals surface area contributed by atoms with Gasteiger partial charge in [-0.2, -0.15) is 0 Å². The first kappa shape index (κ1) is 26.6. The summed E-state index contributed by atoms with van der Waals surface area (Å²) in [5, 5.41) is 3.43. The van der Waals surface area contributed by atoms with Crippen molar-refractivity contribution in [2.75, 3.05) is 61.1 Å². The highest BCUT2D eigenvalue weighted by Gasteiger charge is 2.25. The highest BCUT2D eigenvalue weighted by atomic mass is 127. The van der Waals surface area contributed by atoms with Crippen LogP contribution >= 0.6 is 24.0 Å². The number of aliphatic imine (C=N–C) groups is 1. The van der Waals surface area contributed by atoms with E-state index < -0.39 is 0 Å². The normalized spacial score (nSPS) is 16.7. The first-order chi connectivity index (χ1) is 14.1.